The lowest BCUT2D eigenvalue weighted by Gasteiger charge is -2.25. The van der Waals surface area contributed by atoms with Crippen molar-refractivity contribution in [1.82, 2.24) is 0 Å². The summed E-state index contributed by atoms with van der Waals surface area (Å²) in [6.07, 6.45) is 2.57. The number of carbonyl (C=O) groups is 1. The van der Waals surface area contributed by atoms with Crippen molar-refractivity contribution in [3.63, 3.8) is 0 Å². The molecule has 1 N–H and O–H groups in total. The van der Waals surface area contributed by atoms with Crippen LogP contribution in [-0.4, -0.2) is 24.3 Å². The summed E-state index contributed by atoms with van der Waals surface area (Å²) in [6, 6.07) is 0. The summed E-state index contributed by atoms with van der Waals surface area (Å²) >= 11 is 0. The van der Waals surface area contributed by atoms with Crippen LogP contribution in [0.5, 0.6) is 0 Å². The molecule has 0 fully saturated rings. The number of carbonyl (C=O) groups excluding carboxylic acids is 1. The third-order valence-corrected chi connectivity index (χ3v) is 2.34. The molecule has 0 radical (unpaired) electrons. The molecule has 0 aliphatic rings. The second-order valence-electron chi connectivity index (χ2n) is 4.70. The lowest BCUT2D eigenvalue weighted by molar-refractivity contribution is -0.140. The van der Waals surface area contributed by atoms with Gasteiger partial charge in [-0.15, -0.1) is 0 Å². The first-order chi connectivity index (χ1) is 6.38. The van der Waals surface area contributed by atoms with Gasteiger partial charge in [0.1, 0.15) is 0 Å². The minimum Gasteiger partial charge on any atom is -0.469 e. The first kappa shape index (κ1) is 13.4. The van der Waals surface area contributed by atoms with Gasteiger partial charge in [-0.25, -0.2) is 0 Å². The Hall–Kier alpha value is -0.570. The highest BCUT2D eigenvalue weighted by molar-refractivity contribution is 5.68. The molecule has 0 aliphatic heterocycles. The van der Waals surface area contributed by atoms with Crippen LogP contribution in [0.3, 0.4) is 0 Å². The number of aliphatic hydroxyl groups is 1. The van der Waals surface area contributed by atoms with E-state index < -0.39 is 0 Å². The van der Waals surface area contributed by atoms with Crippen molar-refractivity contribution in [2.75, 3.05) is 7.11 Å². The quantitative estimate of drug-likeness (QED) is 0.548. The zero-order chi connectivity index (χ0) is 11.2. The van der Waals surface area contributed by atoms with Crippen LogP contribution in [0.25, 0.3) is 0 Å². The van der Waals surface area contributed by atoms with E-state index >= 15 is 0 Å². The Kier molecular flexibility index (Phi) is 5.77. The Balaban J connectivity index is 3.50. The lowest BCUT2D eigenvalue weighted by Crippen LogP contribution is -2.25. The molecule has 0 amide bonds. The fraction of sp³-hybridized carbons (Fsp3) is 0.909. The predicted octanol–water partition coefficient (Wildman–Crippen LogP) is 2.13. The second-order valence-corrected chi connectivity index (χ2v) is 4.70. The SMILES string of the molecule is COC(=O)CCCCC(O)C(C)(C)C. The minimum atomic E-state index is -0.292. The summed E-state index contributed by atoms with van der Waals surface area (Å²) in [5.41, 5.74) is -0.0642. The van der Waals surface area contributed by atoms with Crippen LogP contribution in [0.4, 0.5) is 0 Å². The monoisotopic (exact) mass is 202 g/mol. The highest BCUT2D eigenvalue weighted by atomic mass is 16.5. The molecular formula is C11H22O3. The lowest BCUT2D eigenvalue weighted by atomic mass is 9.86. The molecule has 3 heteroatoms. The third-order valence-electron chi connectivity index (χ3n) is 2.34. The van der Waals surface area contributed by atoms with E-state index in [2.05, 4.69) is 4.74 Å². The number of rotatable bonds is 5. The van der Waals surface area contributed by atoms with Gasteiger partial charge in [-0.3, -0.25) is 4.79 Å². The molecular weight excluding hydrogens is 180 g/mol. The molecule has 0 spiro atoms. The fourth-order valence-corrected chi connectivity index (χ4v) is 1.14. The van der Waals surface area contributed by atoms with Crippen molar-refractivity contribution in [3.05, 3.63) is 0 Å². The van der Waals surface area contributed by atoms with Gasteiger partial charge in [-0.05, 0) is 18.3 Å². The van der Waals surface area contributed by atoms with Crippen LogP contribution in [0.15, 0.2) is 0 Å². The maximum Gasteiger partial charge on any atom is 0.305 e. The van der Waals surface area contributed by atoms with Crippen LogP contribution in [0.2, 0.25) is 0 Å². The molecule has 0 aromatic heterocycles. The minimum absolute atomic E-state index is 0.0642. The Morgan fingerprint density at radius 2 is 1.93 bits per heavy atom. The molecule has 14 heavy (non-hydrogen) atoms. The van der Waals surface area contributed by atoms with Crippen LogP contribution in [0, 0.1) is 5.41 Å². The Bertz CT molecular complexity index is 170. The van der Waals surface area contributed by atoms with Crippen molar-refractivity contribution >= 4 is 5.97 Å². The zero-order valence-corrected chi connectivity index (χ0v) is 9.67. The van der Waals surface area contributed by atoms with Gasteiger partial charge in [-0.1, -0.05) is 27.2 Å². The van der Waals surface area contributed by atoms with E-state index in [0.717, 1.165) is 19.3 Å². The summed E-state index contributed by atoms with van der Waals surface area (Å²) in [7, 11) is 1.40. The van der Waals surface area contributed by atoms with E-state index in [4.69, 9.17) is 0 Å². The van der Waals surface area contributed by atoms with Gasteiger partial charge in [0.2, 0.25) is 0 Å². The molecule has 1 unspecified atom stereocenters. The van der Waals surface area contributed by atoms with Crippen molar-refractivity contribution in [2.45, 2.75) is 52.6 Å². The number of ether oxygens (including phenoxy) is 1. The number of hydrogen-bond donors (Lipinski definition) is 1. The van der Waals surface area contributed by atoms with Crippen molar-refractivity contribution in [3.8, 4) is 0 Å². The summed E-state index contributed by atoms with van der Waals surface area (Å²) in [5, 5.41) is 9.69. The van der Waals surface area contributed by atoms with E-state index in [1.807, 2.05) is 20.8 Å². The predicted molar refractivity (Wildman–Crippen MR) is 55.9 cm³/mol. The largest absolute Gasteiger partial charge is 0.469 e. The first-order valence-corrected chi connectivity index (χ1v) is 5.13. The third kappa shape index (κ3) is 5.97. The molecule has 0 bridgehead atoms. The molecule has 3 nitrogen and oxygen atoms in total. The van der Waals surface area contributed by atoms with Crippen molar-refractivity contribution < 1.29 is 14.6 Å². The first-order valence-electron chi connectivity index (χ1n) is 5.13. The summed E-state index contributed by atoms with van der Waals surface area (Å²) in [4.78, 5) is 10.8. The van der Waals surface area contributed by atoms with Crippen LogP contribution < -0.4 is 0 Å². The number of methoxy groups -OCH3 is 1. The second kappa shape index (κ2) is 6.02. The highest BCUT2D eigenvalue weighted by Crippen LogP contribution is 2.23. The Morgan fingerprint density at radius 3 is 2.36 bits per heavy atom. The summed E-state index contributed by atoms with van der Waals surface area (Å²) < 4.78 is 4.52. The highest BCUT2D eigenvalue weighted by Gasteiger charge is 2.21. The van der Waals surface area contributed by atoms with Crippen molar-refractivity contribution in [1.29, 1.82) is 0 Å². The molecule has 0 saturated heterocycles. The van der Waals surface area contributed by atoms with E-state index in [0.29, 0.717) is 6.42 Å². The molecule has 0 saturated carbocycles. The Labute approximate surface area is 86.5 Å². The normalized spacial score (nSPS) is 13.8. The number of esters is 1. The van der Waals surface area contributed by atoms with Gasteiger partial charge in [0.05, 0.1) is 13.2 Å². The Morgan fingerprint density at radius 1 is 1.36 bits per heavy atom. The van der Waals surface area contributed by atoms with E-state index in [1.54, 1.807) is 0 Å². The standard InChI is InChI=1S/C11H22O3/c1-11(2,3)9(12)7-5-6-8-10(13)14-4/h9,12H,5-8H2,1-4H3. The van der Waals surface area contributed by atoms with Gasteiger partial charge in [-0.2, -0.15) is 0 Å². The molecule has 0 rings (SSSR count). The van der Waals surface area contributed by atoms with Crippen molar-refractivity contribution in [2.24, 2.45) is 5.41 Å². The van der Waals surface area contributed by atoms with E-state index in [9.17, 15) is 9.90 Å². The van der Waals surface area contributed by atoms with Gasteiger partial charge in [0.15, 0.2) is 0 Å². The van der Waals surface area contributed by atoms with Gasteiger partial charge in [0, 0.05) is 6.42 Å². The average Bonchev–Trinajstić information content (AvgIpc) is 2.09. The van der Waals surface area contributed by atoms with Gasteiger partial charge in [0.25, 0.3) is 0 Å². The topological polar surface area (TPSA) is 46.5 Å². The number of hydrogen-bond acceptors (Lipinski definition) is 3. The van der Waals surface area contributed by atoms with E-state index in [-0.39, 0.29) is 17.5 Å². The van der Waals surface area contributed by atoms with Crippen LogP contribution >= 0.6 is 0 Å². The molecule has 0 heterocycles. The smallest absolute Gasteiger partial charge is 0.305 e. The molecule has 1 atom stereocenters. The molecule has 84 valence electrons. The van der Waals surface area contributed by atoms with Gasteiger partial charge >= 0.3 is 5.97 Å². The molecule has 0 aromatic rings. The molecule has 0 aromatic carbocycles. The molecule has 0 aliphatic carbocycles. The van der Waals surface area contributed by atoms with Crippen LogP contribution in [0.1, 0.15) is 46.5 Å². The number of unbranched alkanes of at least 4 members (excludes halogenated alkanes) is 1. The maximum atomic E-state index is 10.8. The summed E-state index contributed by atoms with van der Waals surface area (Å²) in [6.45, 7) is 6.04. The maximum absolute atomic E-state index is 10.8. The fourth-order valence-electron chi connectivity index (χ4n) is 1.14. The van der Waals surface area contributed by atoms with Crippen LogP contribution in [-0.2, 0) is 9.53 Å². The summed E-state index contributed by atoms with van der Waals surface area (Å²) in [5.74, 6) is -0.171. The van der Waals surface area contributed by atoms with E-state index in [1.165, 1.54) is 7.11 Å². The number of aliphatic hydroxyl groups excluding tert-OH is 1. The average molecular weight is 202 g/mol. The zero-order valence-electron chi connectivity index (χ0n) is 9.67. The van der Waals surface area contributed by atoms with Gasteiger partial charge < -0.3 is 9.84 Å².